The molecule has 1 rings (SSSR count). The van der Waals surface area contributed by atoms with E-state index >= 15 is 0 Å². The molecule has 0 aliphatic heterocycles. The fraction of sp³-hybridized carbons (Fsp3) is 0.769. The molecule has 0 fully saturated rings. The number of likely N-dealkylation sites (N-methyl/N-ethyl adjacent to an activating group) is 1. The van der Waals surface area contributed by atoms with Crippen LogP contribution in [0.2, 0.25) is 0 Å². The standard InChI is InChI=1S/C13H25BrN4/c1-11(2)15-7-5-6-13-12(14)10-16-18(13)9-8-17(3)4/h10-11,15H,5-9H2,1-4H3. The predicted molar refractivity (Wildman–Crippen MR) is 79.9 cm³/mol. The van der Waals surface area contributed by atoms with Crippen molar-refractivity contribution in [2.24, 2.45) is 0 Å². The van der Waals surface area contributed by atoms with Crippen LogP contribution in [0.3, 0.4) is 0 Å². The fourth-order valence-electron chi connectivity index (χ4n) is 1.77. The first-order valence-electron chi connectivity index (χ1n) is 6.59. The van der Waals surface area contributed by atoms with Crippen LogP contribution in [0.25, 0.3) is 0 Å². The smallest absolute Gasteiger partial charge is 0.0635 e. The van der Waals surface area contributed by atoms with E-state index in [1.54, 1.807) is 0 Å². The van der Waals surface area contributed by atoms with Crippen molar-refractivity contribution >= 4 is 15.9 Å². The number of hydrogen-bond acceptors (Lipinski definition) is 3. The fourth-order valence-corrected chi connectivity index (χ4v) is 2.26. The van der Waals surface area contributed by atoms with Crippen LogP contribution < -0.4 is 5.32 Å². The molecule has 0 saturated heterocycles. The van der Waals surface area contributed by atoms with Crippen LogP contribution in [0, 0.1) is 0 Å². The van der Waals surface area contributed by atoms with E-state index in [0.29, 0.717) is 6.04 Å². The van der Waals surface area contributed by atoms with E-state index in [0.717, 1.165) is 36.9 Å². The van der Waals surface area contributed by atoms with Gasteiger partial charge in [-0.25, -0.2) is 0 Å². The van der Waals surface area contributed by atoms with Gasteiger partial charge >= 0.3 is 0 Å². The molecule has 18 heavy (non-hydrogen) atoms. The largest absolute Gasteiger partial charge is 0.315 e. The Hall–Kier alpha value is -0.390. The Morgan fingerprint density at radius 1 is 1.44 bits per heavy atom. The molecular formula is C13H25BrN4. The third kappa shape index (κ3) is 5.50. The Bertz CT molecular complexity index is 347. The van der Waals surface area contributed by atoms with Gasteiger partial charge in [0.2, 0.25) is 0 Å². The first kappa shape index (κ1) is 15.7. The van der Waals surface area contributed by atoms with Crippen molar-refractivity contribution < 1.29 is 0 Å². The maximum Gasteiger partial charge on any atom is 0.0635 e. The Kier molecular flexibility index (Phi) is 6.89. The minimum atomic E-state index is 0.562. The Morgan fingerprint density at radius 2 is 2.17 bits per heavy atom. The highest BCUT2D eigenvalue weighted by atomic mass is 79.9. The topological polar surface area (TPSA) is 33.1 Å². The van der Waals surface area contributed by atoms with Crippen LogP contribution in [0.4, 0.5) is 0 Å². The second-order valence-corrected chi connectivity index (χ2v) is 6.03. The molecule has 1 aromatic heterocycles. The molecule has 0 unspecified atom stereocenters. The van der Waals surface area contributed by atoms with Gasteiger partial charge in [0.25, 0.3) is 0 Å². The molecule has 1 N–H and O–H groups in total. The van der Waals surface area contributed by atoms with Gasteiger partial charge in [-0.15, -0.1) is 0 Å². The quantitative estimate of drug-likeness (QED) is 0.746. The minimum absolute atomic E-state index is 0.562. The van der Waals surface area contributed by atoms with Gasteiger partial charge in [0.15, 0.2) is 0 Å². The number of hydrogen-bond donors (Lipinski definition) is 1. The monoisotopic (exact) mass is 316 g/mol. The number of aromatic nitrogens is 2. The second-order valence-electron chi connectivity index (χ2n) is 5.18. The van der Waals surface area contributed by atoms with Gasteiger partial charge in [-0.2, -0.15) is 5.10 Å². The molecule has 4 nitrogen and oxygen atoms in total. The number of rotatable bonds is 8. The average molecular weight is 317 g/mol. The van der Waals surface area contributed by atoms with Crippen molar-refractivity contribution in [2.75, 3.05) is 27.2 Å². The molecule has 0 saturated carbocycles. The lowest BCUT2D eigenvalue weighted by Gasteiger charge is -2.13. The molecule has 1 aromatic rings. The number of halogens is 1. The summed E-state index contributed by atoms with van der Waals surface area (Å²) in [6.07, 6.45) is 4.11. The molecule has 0 aliphatic carbocycles. The summed E-state index contributed by atoms with van der Waals surface area (Å²) in [4.78, 5) is 2.18. The van der Waals surface area contributed by atoms with Crippen molar-refractivity contribution in [3.63, 3.8) is 0 Å². The highest BCUT2D eigenvalue weighted by molar-refractivity contribution is 9.10. The lowest BCUT2D eigenvalue weighted by Crippen LogP contribution is -2.24. The van der Waals surface area contributed by atoms with E-state index < -0.39 is 0 Å². The van der Waals surface area contributed by atoms with Crippen LogP contribution in [-0.2, 0) is 13.0 Å². The first-order valence-corrected chi connectivity index (χ1v) is 7.38. The third-order valence-corrected chi connectivity index (χ3v) is 3.46. The van der Waals surface area contributed by atoms with Gasteiger partial charge < -0.3 is 10.2 Å². The van der Waals surface area contributed by atoms with E-state index in [1.165, 1.54) is 5.69 Å². The molecular weight excluding hydrogens is 292 g/mol. The van der Waals surface area contributed by atoms with Crippen molar-refractivity contribution in [3.8, 4) is 0 Å². The molecule has 0 aliphatic rings. The molecule has 104 valence electrons. The second kappa shape index (κ2) is 7.92. The summed E-state index contributed by atoms with van der Waals surface area (Å²) in [6, 6.07) is 0.562. The summed E-state index contributed by atoms with van der Waals surface area (Å²) >= 11 is 3.59. The Morgan fingerprint density at radius 3 is 2.78 bits per heavy atom. The van der Waals surface area contributed by atoms with Gasteiger partial charge in [-0.3, -0.25) is 4.68 Å². The summed E-state index contributed by atoms with van der Waals surface area (Å²) in [5, 5.41) is 7.87. The highest BCUT2D eigenvalue weighted by Crippen LogP contribution is 2.17. The van der Waals surface area contributed by atoms with Crippen LogP contribution in [-0.4, -0.2) is 47.9 Å². The zero-order chi connectivity index (χ0) is 13.5. The van der Waals surface area contributed by atoms with Crippen molar-refractivity contribution in [1.29, 1.82) is 0 Å². The highest BCUT2D eigenvalue weighted by Gasteiger charge is 2.08. The van der Waals surface area contributed by atoms with Crippen molar-refractivity contribution in [1.82, 2.24) is 20.0 Å². The third-order valence-electron chi connectivity index (χ3n) is 2.80. The lowest BCUT2D eigenvalue weighted by molar-refractivity contribution is 0.368. The Labute approximate surface area is 119 Å². The van der Waals surface area contributed by atoms with Crippen LogP contribution in [0.5, 0.6) is 0 Å². The van der Waals surface area contributed by atoms with E-state index in [-0.39, 0.29) is 0 Å². The van der Waals surface area contributed by atoms with Crippen molar-refractivity contribution in [2.45, 2.75) is 39.3 Å². The average Bonchev–Trinajstić information content (AvgIpc) is 2.63. The summed E-state index contributed by atoms with van der Waals surface area (Å²) < 4.78 is 3.24. The lowest BCUT2D eigenvalue weighted by atomic mass is 10.2. The van der Waals surface area contributed by atoms with Crippen LogP contribution in [0.1, 0.15) is 26.0 Å². The molecule has 0 atom stereocenters. The van der Waals surface area contributed by atoms with Gasteiger partial charge in [0.1, 0.15) is 0 Å². The number of nitrogens with zero attached hydrogens (tertiary/aromatic N) is 3. The molecule has 1 heterocycles. The minimum Gasteiger partial charge on any atom is -0.315 e. The van der Waals surface area contributed by atoms with Gasteiger partial charge in [-0.1, -0.05) is 13.8 Å². The summed E-state index contributed by atoms with van der Waals surface area (Å²) in [5.41, 5.74) is 1.31. The molecule has 0 radical (unpaired) electrons. The Balaban J connectivity index is 2.45. The SMILES string of the molecule is CC(C)NCCCc1c(Br)cnn1CCN(C)C. The van der Waals surface area contributed by atoms with Crippen LogP contribution >= 0.6 is 15.9 Å². The van der Waals surface area contributed by atoms with Gasteiger partial charge in [0.05, 0.1) is 22.9 Å². The summed E-state index contributed by atoms with van der Waals surface area (Å²) in [7, 11) is 4.18. The molecule has 0 aromatic carbocycles. The maximum atomic E-state index is 4.42. The predicted octanol–water partition coefficient (Wildman–Crippen LogP) is 2.14. The van der Waals surface area contributed by atoms with E-state index in [4.69, 9.17) is 0 Å². The zero-order valence-electron chi connectivity index (χ0n) is 11.9. The molecule has 0 bridgehead atoms. The molecule has 0 spiro atoms. The first-order chi connectivity index (χ1) is 8.50. The molecule has 5 heteroatoms. The van der Waals surface area contributed by atoms with Crippen molar-refractivity contribution in [3.05, 3.63) is 16.4 Å². The van der Waals surface area contributed by atoms with Gasteiger partial charge in [-0.05, 0) is 49.4 Å². The zero-order valence-corrected chi connectivity index (χ0v) is 13.5. The van der Waals surface area contributed by atoms with E-state index in [9.17, 15) is 0 Å². The maximum absolute atomic E-state index is 4.42. The normalized spacial score (nSPS) is 11.7. The van der Waals surface area contributed by atoms with E-state index in [2.05, 4.69) is 63.9 Å². The summed E-state index contributed by atoms with van der Waals surface area (Å²) in [6.45, 7) is 7.38. The van der Waals surface area contributed by atoms with E-state index in [1.807, 2.05) is 6.20 Å². The van der Waals surface area contributed by atoms with Crippen LogP contribution in [0.15, 0.2) is 10.7 Å². The summed E-state index contributed by atoms with van der Waals surface area (Å²) in [5.74, 6) is 0. The van der Waals surface area contributed by atoms with Gasteiger partial charge in [0, 0.05) is 12.6 Å². The number of nitrogens with one attached hydrogen (secondary N) is 1. The molecule has 0 amide bonds.